The fourth-order valence-corrected chi connectivity index (χ4v) is 1.47. The van der Waals surface area contributed by atoms with Crippen molar-refractivity contribution < 1.29 is 9.53 Å². The smallest absolute Gasteiger partial charge is 0.337 e. The van der Waals surface area contributed by atoms with Crippen LogP contribution in [-0.2, 0) is 9.53 Å². The second kappa shape index (κ2) is 8.48. The van der Waals surface area contributed by atoms with E-state index in [0.717, 1.165) is 5.56 Å². The molecule has 2 heteroatoms. The summed E-state index contributed by atoms with van der Waals surface area (Å²) in [6.45, 7) is 7.25. The third kappa shape index (κ3) is 4.94. The number of hydrogen-bond donors (Lipinski definition) is 0. The van der Waals surface area contributed by atoms with E-state index in [-0.39, 0.29) is 5.97 Å². The van der Waals surface area contributed by atoms with E-state index in [1.54, 1.807) is 0 Å². The molecular weight excluding hydrogens is 248 g/mol. The molecule has 2 aromatic carbocycles. The number of rotatable bonds is 3. The number of carbonyl (C=O) groups excluding carboxylic acids is 1. The van der Waals surface area contributed by atoms with Crippen molar-refractivity contribution in [2.45, 2.75) is 0 Å². The SMILES string of the molecule is C=C(C(=O)OC)c1ccccc1.C=Cc1ccccc1. The average molecular weight is 266 g/mol. The first kappa shape index (κ1) is 15.4. The molecule has 0 N–H and O–H groups in total. The quantitative estimate of drug-likeness (QED) is 0.614. The zero-order valence-electron chi connectivity index (χ0n) is 11.6. The van der Waals surface area contributed by atoms with E-state index in [9.17, 15) is 4.79 Å². The summed E-state index contributed by atoms with van der Waals surface area (Å²) in [5.41, 5.74) is 2.36. The summed E-state index contributed by atoms with van der Waals surface area (Å²) in [4.78, 5) is 11.0. The summed E-state index contributed by atoms with van der Waals surface area (Å²) in [6.07, 6.45) is 1.83. The van der Waals surface area contributed by atoms with Crippen molar-refractivity contribution in [2.24, 2.45) is 0 Å². The molecule has 0 aliphatic carbocycles. The second-order valence-electron chi connectivity index (χ2n) is 3.95. The van der Waals surface area contributed by atoms with Crippen molar-refractivity contribution in [2.75, 3.05) is 7.11 Å². The third-order valence-corrected chi connectivity index (χ3v) is 2.59. The highest BCUT2D eigenvalue weighted by molar-refractivity contribution is 6.15. The van der Waals surface area contributed by atoms with Gasteiger partial charge >= 0.3 is 5.97 Å². The normalized spacial score (nSPS) is 8.85. The molecule has 0 radical (unpaired) electrons. The molecule has 0 aliphatic rings. The second-order valence-corrected chi connectivity index (χ2v) is 3.95. The van der Waals surface area contributed by atoms with Gasteiger partial charge in [-0.2, -0.15) is 0 Å². The Balaban J connectivity index is 0.000000217. The molecule has 0 fully saturated rings. The summed E-state index contributed by atoms with van der Waals surface area (Å²) in [5, 5.41) is 0. The highest BCUT2D eigenvalue weighted by Gasteiger charge is 2.07. The summed E-state index contributed by atoms with van der Waals surface area (Å²) in [5.74, 6) is -0.388. The zero-order valence-corrected chi connectivity index (χ0v) is 11.6. The van der Waals surface area contributed by atoms with E-state index in [1.165, 1.54) is 12.7 Å². The van der Waals surface area contributed by atoms with Crippen LogP contribution in [0.25, 0.3) is 11.6 Å². The molecule has 2 aromatic rings. The highest BCUT2D eigenvalue weighted by atomic mass is 16.5. The predicted octanol–water partition coefficient (Wildman–Crippen LogP) is 4.20. The van der Waals surface area contributed by atoms with Gasteiger partial charge in [0.2, 0.25) is 0 Å². The monoisotopic (exact) mass is 266 g/mol. The van der Waals surface area contributed by atoms with E-state index in [0.29, 0.717) is 5.57 Å². The van der Waals surface area contributed by atoms with Gasteiger partial charge in [-0.25, -0.2) is 4.79 Å². The number of hydrogen-bond acceptors (Lipinski definition) is 2. The maximum absolute atomic E-state index is 11.0. The highest BCUT2D eigenvalue weighted by Crippen LogP contribution is 2.12. The molecule has 0 aromatic heterocycles. The number of methoxy groups -OCH3 is 1. The van der Waals surface area contributed by atoms with Gasteiger partial charge < -0.3 is 4.74 Å². The Hall–Kier alpha value is -2.61. The van der Waals surface area contributed by atoms with E-state index in [4.69, 9.17) is 0 Å². The molecule has 2 rings (SSSR count). The minimum Gasteiger partial charge on any atom is -0.465 e. The van der Waals surface area contributed by atoms with Crippen LogP contribution in [0.15, 0.2) is 73.8 Å². The molecule has 2 nitrogen and oxygen atoms in total. The van der Waals surface area contributed by atoms with Crippen LogP contribution in [0.5, 0.6) is 0 Å². The average Bonchev–Trinajstić information content (AvgIpc) is 2.55. The lowest BCUT2D eigenvalue weighted by Gasteiger charge is -2.01. The van der Waals surface area contributed by atoms with Gasteiger partial charge in [-0.3, -0.25) is 0 Å². The van der Waals surface area contributed by atoms with E-state index in [1.807, 2.05) is 66.7 Å². The molecule has 0 heterocycles. The van der Waals surface area contributed by atoms with Gasteiger partial charge in [0.1, 0.15) is 0 Å². The minimum absolute atomic E-state index is 0.387. The third-order valence-electron chi connectivity index (χ3n) is 2.59. The Morgan fingerprint density at radius 2 is 1.50 bits per heavy atom. The lowest BCUT2D eigenvalue weighted by atomic mass is 10.1. The summed E-state index contributed by atoms with van der Waals surface area (Å²) in [6, 6.07) is 19.3. The Labute approximate surface area is 120 Å². The predicted molar refractivity (Wildman–Crippen MR) is 84.0 cm³/mol. The molecule has 0 atom stereocenters. The van der Waals surface area contributed by atoms with Crippen molar-refractivity contribution in [1.29, 1.82) is 0 Å². The van der Waals surface area contributed by atoms with Crippen LogP contribution in [0.2, 0.25) is 0 Å². The Morgan fingerprint density at radius 3 is 1.90 bits per heavy atom. The van der Waals surface area contributed by atoms with Crippen molar-refractivity contribution in [1.82, 2.24) is 0 Å². The lowest BCUT2D eigenvalue weighted by molar-refractivity contribution is -0.133. The van der Waals surface area contributed by atoms with Gasteiger partial charge in [-0.05, 0) is 11.1 Å². The van der Waals surface area contributed by atoms with E-state index in [2.05, 4.69) is 17.9 Å². The number of esters is 1. The largest absolute Gasteiger partial charge is 0.465 e. The van der Waals surface area contributed by atoms with Gasteiger partial charge in [0.15, 0.2) is 0 Å². The maximum atomic E-state index is 11.0. The lowest BCUT2D eigenvalue weighted by Crippen LogP contribution is -2.01. The zero-order chi connectivity index (χ0) is 14.8. The Morgan fingerprint density at radius 1 is 1.00 bits per heavy atom. The number of ether oxygens (including phenoxy) is 1. The van der Waals surface area contributed by atoms with Crippen LogP contribution in [-0.4, -0.2) is 13.1 Å². The van der Waals surface area contributed by atoms with Crippen molar-refractivity contribution in [3.05, 3.63) is 84.9 Å². The first-order valence-corrected chi connectivity index (χ1v) is 6.19. The topological polar surface area (TPSA) is 26.3 Å². The first-order chi connectivity index (χ1) is 9.69. The molecule has 0 amide bonds. The van der Waals surface area contributed by atoms with Crippen molar-refractivity contribution in [3.63, 3.8) is 0 Å². The fraction of sp³-hybridized carbons (Fsp3) is 0.0556. The molecule has 0 bridgehead atoms. The van der Waals surface area contributed by atoms with Crippen molar-refractivity contribution >= 4 is 17.6 Å². The summed E-state index contributed by atoms with van der Waals surface area (Å²) in [7, 11) is 1.34. The van der Waals surface area contributed by atoms with E-state index < -0.39 is 0 Å². The molecule has 0 unspecified atom stereocenters. The van der Waals surface area contributed by atoms with Crippen molar-refractivity contribution in [3.8, 4) is 0 Å². The van der Waals surface area contributed by atoms with Gasteiger partial charge in [0.05, 0.1) is 12.7 Å². The van der Waals surface area contributed by atoms with Crippen LogP contribution >= 0.6 is 0 Å². The molecule has 20 heavy (non-hydrogen) atoms. The summed E-state index contributed by atoms with van der Waals surface area (Å²) < 4.78 is 4.53. The van der Waals surface area contributed by atoms with Gasteiger partial charge in [-0.15, -0.1) is 0 Å². The van der Waals surface area contributed by atoms with Crippen LogP contribution < -0.4 is 0 Å². The van der Waals surface area contributed by atoms with Crippen LogP contribution in [0.4, 0.5) is 0 Å². The van der Waals surface area contributed by atoms with Gasteiger partial charge in [0.25, 0.3) is 0 Å². The minimum atomic E-state index is -0.388. The number of benzene rings is 2. The first-order valence-electron chi connectivity index (χ1n) is 6.19. The Bertz CT molecular complexity index is 556. The molecule has 0 saturated heterocycles. The van der Waals surface area contributed by atoms with Gasteiger partial charge in [0, 0.05) is 0 Å². The van der Waals surface area contributed by atoms with Crippen LogP contribution in [0, 0.1) is 0 Å². The number of carbonyl (C=O) groups is 1. The molecule has 102 valence electrons. The standard InChI is InChI=1S/C10H10O2.C8H8/c1-8(10(11)12-2)9-6-4-3-5-7-9;1-2-8-6-4-3-5-7-8/h3-7H,1H2,2H3;2-7H,1H2. The summed E-state index contributed by atoms with van der Waals surface area (Å²) >= 11 is 0. The molecule has 0 saturated carbocycles. The molecule has 0 spiro atoms. The van der Waals surface area contributed by atoms with Crippen LogP contribution in [0.1, 0.15) is 11.1 Å². The molecule has 0 aliphatic heterocycles. The Kier molecular flexibility index (Phi) is 6.55. The van der Waals surface area contributed by atoms with E-state index >= 15 is 0 Å². The van der Waals surface area contributed by atoms with Crippen LogP contribution in [0.3, 0.4) is 0 Å². The maximum Gasteiger partial charge on any atom is 0.337 e. The van der Waals surface area contributed by atoms with Gasteiger partial charge in [-0.1, -0.05) is 79.9 Å². The molecular formula is C18H18O2. The fourth-order valence-electron chi connectivity index (χ4n) is 1.47.